The summed E-state index contributed by atoms with van der Waals surface area (Å²) in [6, 6.07) is 83.5. The summed E-state index contributed by atoms with van der Waals surface area (Å²) < 4.78 is 2.43. The van der Waals surface area contributed by atoms with Crippen LogP contribution in [0.1, 0.15) is 25.0 Å². The molecule has 1 aliphatic carbocycles. The maximum atomic E-state index is 5.45. The van der Waals surface area contributed by atoms with Crippen molar-refractivity contribution in [1.82, 2.24) is 19.5 Å². The van der Waals surface area contributed by atoms with E-state index >= 15 is 0 Å². The number of para-hydroxylation sites is 1. The van der Waals surface area contributed by atoms with Crippen molar-refractivity contribution in [2.24, 2.45) is 0 Å². The third-order valence-electron chi connectivity index (χ3n) is 14.8. The highest BCUT2D eigenvalue weighted by Crippen LogP contribution is 2.50. The predicted molar refractivity (Wildman–Crippen MR) is 291 cm³/mol. The fourth-order valence-corrected chi connectivity index (χ4v) is 11.4. The Morgan fingerprint density at radius 2 is 0.771 bits per heavy atom. The van der Waals surface area contributed by atoms with Crippen LogP contribution in [0.15, 0.2) is 231 Å². The molecule has 0 N–H and O–H groups in total. The second kappa shape index (κ2) is 15.5. The van der Waals surface area contributed by atoms with E-state index in [1.54, 1.807) is 0 Å². The van der Waals surface area contributed by atoms with Crippen LogP contribution in [0.3, 0.4) is 0 Å². The van der Waals surface area contributed by atoms with Gasteiger partial charge < -0.3 is 4.57 Å². The van der Waals surface area contributed by atoms with Crippen molar-refractivity contribution in [2.45, 2.75) is 19.3 Å². The summed E-state index contributed by atoms with van der Waals surface area (Å²) in [5, 5.41) is 9.86. The smallest absolute Gasteiger partial charge is 0.164 e. The molecule has 2 aromatic heterocycles. The first-order valence-electron chi connectivity index (χ1n) is 24.1. The van der Waals surface area contributed by atoms with Gasteiger partial charge in [0.15, 0.2) is 17.5 Å². The fraction of sp³-hybridized carbons (Fsp3) is 0.0455. The third kappa shape index (κ3) is 6.27. The summed E-state index contributed by atoms with van der Waals surface area (Å²) in [5.41, 5.74) is 15.6. The molecule has 14 rings (SSSR count). The highest BCUT2D eigenvalue weighted by Gasteiger charge is 2.35. The molecule has 0 aliphatic heterocycles. The minimum absolute atomic E-state index is 0.177. The highest BCUT2D eigenvalue weighted by molar-refractivity contribution is 6.25. The Balaban J connectivity index is 1.04. The first kappa shape index (κ1) is 40.1. The standard InChI is InChI=1S/C66H44N4/c1-66(2)59-27-15-13-25-54(59)55-33-31-45(39-60(55)66)64-67-63(42-19-7-4-8-20-42)68-65(69-64)47-35-46(43-29-32-53-51-23-10-9-21-49(51)50-22-11-12-24-52(50)58(53)38-43)36-48(37-47)70-61-28-16-14-26-56(61)57-34-30-44(40-62(57)70)41-17-5-3-6-18-41/h3-40H,1-2H3. The molecule has 0 radical (unpaired) electrons. The van der Waals surface area contributed by atoms with Gasteiger partial charge in [0, 0.05) is 38.6 Å². The van der Waals surface area contributed by atoms with E-state index in [0.29, 0.717) is 17.5 Å². The number of hydrogen-bond donors (Lipinski definition) is 0. The lowest BCUT2D eigenvalue weighted by Gasteiger charge is -2.21. The van der Waals surface area contributed by atoms with E-state index in [0.717, 1.165) is 50.1 Å². The van der Waals surface area contributed by atoms with Crippen LogP contribution in [0.5, 0.6) is 0 Å². The number of fused-ring (bicyclic) bond motifs is 12. The Morgan fingerprint density at radius 1 is 0.286 bits per heavy atom. The Hall–Kier alpha value is -8.99. The molecule has 11 aromatic carbocycles. The van der Waals surface area contributed by atoms with Gasteiger partial charge in [0.2, 0.25) is 0 Å². The second-order valence-corrected chi connectivity index (χ2v) is 19.2. The Kier molecular flexibility index (Phi) is 8.90. The summed E-state index contributed by atoms with van der Waals surface area (Å²) in [6.45, 7) is 4.64. The average Bonchev–Trinajstić information content (AvgIpc) is 3.88. The largest absolute Gasteiger partial charge is 0.309 e. The topological polar surface area (TPSA) is 43.6 Å². The van der Waals surface area contributed by atoms with Crippen molar-refractivity contribution in [3.05, 3.63) is 242 Å². The normalized spacial score (nSPS) is 12.8. The molecule has 328 valence electrons. The summed E-state index contributed by atoms with van der Waals surface area (Å²) in [4.78, 5) is 16.1. The van der Waals surface area contributed by atoms with E-state index in [-0.39, 0.29) is 5.41 Å². The van der Waals surface area contributed by atoms with Crippen LogP contribution in [0, 0.1) is 0 Å². The summed E-state index contributed by atoms with van der Waals surface area (Å²) >= 11 is 0. The highest BCUT2D eigenvalue weighted by atomic mass is 15.0. The Bertz CT molecular complexity index is 4230. The molecule has 70 heavy (non-hydrogen) atoms. The summed E-state index contributed by atoms with van der Waals surface area (Å²) in [5.74, 6) is 1.88. The molecule has 0 fully saturated rings. The second-order valence-electron chi connectivity index (χ2n) is 19.2. The lowest BCUT2D eigenvalue weighted by Crippen LogP contribution is -2.15. The van der Waals surface area contributed by atoms with Crippen molar-refractivity contribution >= 4 is 54.1 Å². The quantitative estimate of drug-likeness (QED) is 0.156. The van der Waals surface area contributed by atoms with Gasteiger partial charge in [0.05, 0.1) is 11.0 Å². The molecule has 13 aromatic rings. The molecule has 2 heterocycles. The number of benzene rings is 11. The SMILES string of the molecule is CC1(C)c2ccccc2-c2ccc(-c3nc(-c4ccccc4)nc(-c4cc(-c5ccc6c7ccccc7c7ccccc7c6c5)cc(-n5c6ccccc6c6ccc(-c7ccccc7)cc65)c4)n3)cc21. The van der Waals surface area contributed by atoms with E-state index in [4.69, 9.17) is 15.0 Å². The summed E-state index contributed by atoms with van der Waals surface area (Å²) in [6.07, 6.45) is 0. The molecule has 4 nitrogen and oxygen atoms in total. The zero-order chi connectivity index (χ0) is 46.5. The van der Waals surface area contributed by atoms with Crippen LogP contribution >= 0.6 is 0 Å². The Labute approximate surface area is 405 Å². The lowest BCUT2D eigenvalue weighted by atomic mass is 9.82. The third-order valence-corrected chi connectivity index (χ3v) is 14.8. The minimum Gasteiger partial charge on any atom is -0.309 e. The van der Waals surface area contributed by atoms with E-state index in [9.17, 15) is 0 Å². The molecule has 0 saturated heterocycles. The van der Waals surface area contributed by atoms with Crippen LogP contribution in [-0.4, -0.2) is 19.5 Å². The number of hydrogen-bond acceptors (Lipinski definition) is 3. The van der Waals surface area contributed by atoms with Crippen molar-refractivity contribution in [2.75, 3.05) is 0 Å². The van der Waals surface area contributed by atoms with E-state index in [1.165, 1.54) is 70.9 Å². The predicted octanol–water partition coefficient (Wildman–Crippen LogP) is 17.1. The molecule has 4 heteroatoms. The van der Waals surface area contributed by atoms with Gasteiger partial charge in [0.1, 0.15) is 0 Å². The molecule has 0 amide bonds. The number of aromatic nitrogens is 4. The molecular formula is C66H44N4. The van der Waals surface area contributed by atoms with Crippen molar-refractivity contribution in [3.8, 4) is 73.2 Å². The van der Waals surface area contributed by atoms with Gasteiger partial charge in [0.25, 0.3) is 0 Å². The summed E-state index contributed by atoms with van der Waals surface area (Å²) in [7, 11) is 0. The van der Waals surface area contributed by atoms with Crippen LogP contribution < -0.4 is 0 Å². The maximum absolute atomic E-state index is 5.45. The minimum atomic E-state index is -0.177. The first-order valence-corrected chi connectivity index (χ1v) is 24.1. The van der Waals surface area contributed by atoms with Crippen LogP contribution in [-0.2, 0) is 5.41 Å². The van der Waals surface area contributed by atoms with Gasteiger partial charge in [-0.2, -0.15) is 0 Å². The van der Waals surface area contributed by atoms with Crippen LogP contribution in [0.2, 0.25) is 0 Å². The molecule has 0 atom stereocenters. The number of rotatable bonds is 6. The van der Waals surface area contributed by atoms with Crippen molar-refractivity contribution < 1.29 is 0 Å². The van der Waals surface area contributed by atoms with Crippen LogP contribution in [0.4, 0.5) is 0 Å². The molecular weight excluding hydrogens is 849 g/mol. The van der Waals surface area contributed by atoms with Gasteiger partial charge in [-0.25, -0.2) is 15.0 Å². The lowest BCUT2D eigenvalue weighted by molar-refractivity contribution is 0.660. The zero-order valence-corrected chi connectivity index (χ0v) is 38.7. The van der Waals surface area contributed by atoms with Gasteiger partial charge in [-0.05, 0) is 119 Å². The van der Waals surface area contributed by atoms with Crippen LogP contribution in [0.25, 0.3) is 127 Å². The molecule has 1 aliphatic rings. The van der Waals surface area contributed by atoms with E-state index in [1.807, 2.05) is 18.2 Å². The molecule has 0 saturated carbocycles. The monoisotopic (exact) mass is 892 g/mol. The first-order chi connectivity index (χ1) is 34.4. The maximum Gasteiger partial charge on any atom is 0.164 e. The van der Waals surface area contributed by atoms with Crippen molar-refractivity contribution in [1.29, 1.82) is 0 Å². The zero-order valence-electron chi connectivity index (χ0n) is 38.7. The molecule has 0 unspecified atom stereocenters. The van der Waals surface area contributed by atoms with Crippen molar-refractivity contribution in [3.63, 3.8) is 0 Å². The molecule has 0 spiro atoms. The molecule has 0 bridgehead atoms. The number of nitrogens with zero attached hydrogens (tertiary/aromatic N) is 4. The van der Waals surface area contributed by atoms with E-state index < -0.39 is 0 Å². The van der Waals surface area contributed by atoms with Gasteiger partial charge in [-0.15, -0.1) is 0 Å². The van der Waals surface area contributed by atoms with E-state index in [2.05, 4.69) is 231 Å². The van der Waals surface area contributed by atoms with Gasteiger partial charge in [-0.3, -0.25) is 0 Å². The fourth-order valence-electron chi connectivity index (χ4n) is 11.4. The van der Waals surface area contributed by atoms with Gasteiger partial charge >= 0.3 is 0 Å². The Morgan fingerprint density at radius 3 is 1.49 bits per heavy atom. The average molecular weight is 893 g/mol. The van der Waals surface area contributed by atoms with Gasteiger partial charge in [-0.1, -0.05) is 202 Å².